The Morgan fingerprint density at radius 3 is 2.50 bits per heavy atom. The Balaban J connectivity index is 1.86. The number of ether oxygens (including phenoxy) is 1. The highest BCUT2D eigenvalue weighted by molar-refractivity contribution is 5.94. The second-order valence-electron chi connectivity index (χ2n) is 4.84. The Morgan fingerprint density at radius 1 is 1.33 bits per heavy atom. The van der Waals surface area contributed by atoms with Crippen molar-refractivity contribution in [1.82, 2.24) is 0 Å². The second-order valence-corrected chi connectivity index (χ2v) is 4.84. The Kier molecular flexibility index (Phi) is 4.20. The maximum atomic E-state index is 11.6. The third kappa shape index (κ3) is 3.74. The Morgan fingerprint density at radius 2 is 1.94 bits per heavy atom. The SMILES string of the molecule is COCC(C)Nc1ccc(NC(=O)C2CC2)cc1. The van der Waals surface area contributed by atoms with Crippen LogP contribution in [0.1, 0.15) is 19.8 Å². The molecule has 1 unspecified atom stereocenters. The molecule has 1 aliphatic carbocycles. The predicted molar refractivity (Wildman–Crippen MR) is 72.8 cm³/mol. The summed E-state index contributed by atoms with van der Waals surface area (Å²) < 4.78 is 5.07. The van der Waals surface area contributed by atoms with Gasteiger partial charge in [-0.2, -0.15) is 0 Å². The van der Waals surface area contributed by atoms with Crippen molar-refractivity contribution in [2.45, 2.75) is 25.8 Å². The highest BCUT2D eigenvalue weighted by Gasteiger charge is 2.29. The molecule has 0 aromatic heterocycles. The smallest absolute Gasteiger partial charge is 0.227 e. The molecular formula is C14H20N2O2. The summed E-state index contributed by atoms with van der Waals surface area (Å²) in [5, 5.41) is 6.24. The summed E-state index contributed by atoms with van der Waals surface area (Å²) in [5.74, 6) is 0.382. The first-order chi connectivity index (χ1) is 8.69. The zero-order chi connectivity index (χ0) is 13.0. The summed E-state index contributed by atoms with van der Waals surface area (Å²) >= 11 is 0. The van der Waals surface area contributed by atoms with Gasteiger partial charge in [-0.3, -0.25) is 4.79 Å². The fourth-order valence-electron chi connectivity index (χ4n) is 1.82. The van der Waals surface area contributed by atoms with Crippen LogP contribution in [0.2, 0.25) is 0 Å². The van der Waals surface area contributed by atoms with Gasteiger partial charge in [0.2, 0.25) is 5.91 Å². The average Bonchev–Trinajstić information content (AvgIpc) is 3.16. The maximum absolute atomic E-state index is 11.6. The molecule has 1 fully saturated rings. The molecule has 0 aliphatic heterocycles. The normalized spacial score (nSPS) is 16.1. The lowest BCUT2D eigenvalue weighted by Crippen LogP contribution is -2.20. The van der Waals surface area contributed by atoms with Crippen LogP contribution in [0.3, 0.4) is 0 Å². The summed E-state index contributed by atoms with van der Waals surface area (Å²) in [6.07, 6.45) is 2.06. The van der Waals surface area contributed by atoms with Crippen LogP contribution >= 0.6 is 0 Å². The third-order valence-corrected chi connectivity index (χ3v) is 2.93. The number of carbonyl (C=O) groups is 1. The number of methoxy groups -OCH3 is 1. The van der Waals surface area contributed by atoms with Crippen molar-refractivity contribution in [3.63, 3.8) is 0 Å². The number of benzene rings is 1. The van der Waals surface area contributed by atoms with Crippen LogP contribution in [0.4, 0.5) is 11.4 Å². The molecule has 4 heteroatoms. The van der Waals surface area contributed by atoms with Gasteiger partial charge in [-0.25, -0.2) is 0 Å². The molecule has 2 N–H and O–H groups in total. The summed E-state index contributed by atoms with van der Waals surface area (Å²) in [7, 11) is 1.69. The van der Waals surface area contributed by atoms with Crippen LogP contribution in [0, 0.1) is 5.92 Å². The van der Waals surface area contributed by atoms with E-state index < -0.39 is 0 Å². The van der Waals surface area contributed by atoms with E-state index in [2.05, 4.69) is 17.6 Å². The molecule has 1 saturated carbocycles. The lowest BCUT2D eigenvalue weighted by atomic mass is 10.2. The van der Waals surface area contributed by atoms with Crippen molar-refractivity contribution in [3.05, 3.63) is 24.3 Å². The number of hydrogen-bond acceptors (Lipinski definition) is 3. The van der Waals surface area contributed by atoms with Crippen LogP contribution in [0.15, 0.2) is 24.3 Å². The molecule has 1 atom stereocenters. The third-order valence-electron chi connectivity index (χ3n) is 2.93. The van der Waals surface area contributed by atoms with E-state index in [9.17, 15) is 4.79 Å². The zero-order valence-corrected chi connectivity index (χ0v) is 10.9. The predicted octanol–water partition coefficient (Wildman–Crippen LogP) is 2.48. The number of carbonyl (C=O) groups excluding carboxylic acids is 1. The lowest BCUT2D eigenvalue weighted by molar-refractivity contribution is -0.117. The van der Waals surface area contributed by atoms with Gasteiger partial charge >= 0.3 is 0 Å². The van der Waals surface area contributed by atoms with E-state index >= 15 is 0 Å². The van der Waals surface area contributed by atoms with Crippen molar-refractivity contribution in [2.24, 2.45) is 5.92 Å². The van der Waals surface area contributed by atoms with Gasteiger partial charge < -0.3 is 15.4 Å². The topological polar surface area (TPSA) is 50.4 Å². The van der Waals surface area contributed by atoms with E-state index in [0.29, 0.717) is 6.61 Å². The number of hydrogen-bond donors (Lipinski definition) is 2. The van der Waals surface area contributed by atoms with E-state index in [-0.39, 0.29) is 17.9 Å². The van der Waals surface area contributed by atoms with Gasteiger partial charge in [-0.1, -0.05) is 0 Å². The fourth-order valence-corrected chi connectivity index (χ4v) is 1.82. The molecule has 0 radical (unpaired) electrons. The first kappa shape index (κ1) is 12.9. The Bertz CT molecular complexity index is 399. The molecule has 0 bridgehead atoms. The summed E-state index contributed by atoms with van der Waals surface area (Å²) in [6.45, 7) is 2.73. The summed E-state index contributed by atoms with van der Waals surface area (Å²) in [5.41, 5.74) is 1.89. The molecule has 18 heavy (non-hydrogen) atoms. The monoisotopic (exact) mass is 248 g/mol. The molecule has 98 valence electrons. The van der Waals surface area contributed by atoms with Crippen molar-refractivity contribution >= 4 is 17.3 Å². The minimum atomic E-state index is 0.142. The van der Waals surface area contributed by atoms with E-state index in [0.717, 1.165) is 24.2 Å². The van der Waals surface area contributed by atoms with Crippen molar-refractivity contribution in [1.29, 1.82) is 0 Å². The summed E-state index contributed by atoms with van der Waals surface area (Å²) in [6, 6.07) is 8.04. The Labute approximate surface area is 108 Å². The molecule has 1 aliphatic rings. The van der Waals surface area contributed by atoms with Crippen LogP contribution in [0.25, 0.3) is 0 Å². The van der Waals surface area contributed by atoms with E-state index in [1.165, 1.54) is 0 Å². The molecule has 0 heterocycles. The lowest BCUT2D eigenvalue weighted by Gasteiger charge is -2.14. The highest BCUT2D eigenvalue weighted by Crippen LogP contribution is 2.30. The number of nitrogens with one attached hydrogen (secondary N) is 2. The van der Waals surface area contributed by atoms with Gasteiger partial charge in [0, 0.05) is 30.4 Å². The molecule has 2 rings (SSSR count). The number of amides is 1. The maximum Gasteiger partial charge on any atom is 0.227 e. The number of anilines is 2. The summed E-state index contributed by atoms with van der Waals surface area (Å²) in [4.78, 5) is 11.6. The van der Waals surface area contributed by atoms with Crippen LogP contribution in [-0.2, 0) is 9.53 Å². The van der Waals surface area contributed by atoms with Gasteiger partial charge in [0.25, 0.3) is 0 Å². The highest BCUT2D eigenvalue weighted by atomic mass is 16.5. The first-order valence-corrected chi connectivity index (χ1v) is 6.35. The molecule has 1 amide bonds. The van der Waals surface area contributed by atoms with Crippen LogP contribution < -0.4 is 10.6 Å². The van der Waals surface area contributed by atoms with Crippen molar-refractivity contribution in [2.75, 3.05) is 24.4 Å². The van der Waals surface area contributed by atoms with Crippen LogP contribution in [-0.4, -0.2) is 25.7 Å². The molecule has 4 nitrogen and oxygen atoms in total. The van der Waals surface area contributed by atoms with E-state index in [1.54, 1.807) is 7.11 Å². The average molecular weight is 248 g/mol. The van der Waals surface area contributed by atoms with Crippen LogP contribution in [0.5, 0.6) is 0 Å². The first-order valence-electron chi connectivity index (χ1n) is 6.35. The number of rotatable bonds is 6. The van der Waals surface area contributed by atoms with Gasteiger partial charge in [0.05, 0.1) is 6.61 Å². The van der Waals surface area contributed by atoms with Gasteiger partial charge in [-0.05, 0) is 44.0 Å². The second kappa shape index (κ2) is 5.87. The van der Waals surface area contributed by atoms with Gasteiger partial charge in [0.1, 0.15) is 0 Å². The molecule has 0 spiro atoms. The largest absolute Gasteiger partial charge is 0.383 e. The molecule has 0 saturated heterocycles. The quantitative estimate of drug-likeness (QED) is 0.813. The van der Waals surface area contributed by atoms with Crippen molar-refractivity contribution in [3.8, 4) is 0 Å². The molecule has 1 aromatic rings. The van der Waals surface area contributed by atoms with Crippen molar-refractivity contribution < 1.29 is 9.53 Å². The molecule has 1 aromatic carbocycles. The minimum absolute atomic E-state index is 0.142. The van der Waals surface area contributed by atoms with E-state index in [1.807, 2.05) is 24.3 Å². The molecular weight excluding hydrogens is 228 g/mol. The minimum Gasteiger partial charge on any atom is -0.383 e. The zero-order valence-electron chi connectivity index (χ0n) is 10.9. The fraction of sp³-hybridized carbons (Fsp3) is 0.500. The standard InChI is InChI=1S/C14H20N2O2/c1-10(9-18-2)15-12-5-7-13(8-6-12)16-14(17)11-3-4-11/h5-8,10-11,15H,3-4,9H2,1-2H3,(H,16,17). The van der Waals surface area contributed by atoms with Gasteiger partial charge in [0.15, 0.2) is 0 Å². The Hall–Kier alpha value is -1.55. The van der Waals surface area contributed by atoms with Gasteiger partial charge in [-0.15, -0.1) is 0 Å². The van der Waals surface area contributed by atoms with E-state index in [4.69, 9.17) is 4.74 Å².